The summed E-state index contributed by atoms with van der Waals surface area (Å²) in [6.07, 6.45) is 0. The SMILES string of the molecule is O=[N+]([O-])c1ccc(P(Cl)(Cl)(c2ccc([N+](=O)[O-])cc2)c2ccc([N+](=O)[O-])cc2)cc1. The summed E-state index contributed by atoms with van der Waals surface area (Å²) >= 11 is 14.3. The Hall–Kier alpha value is -3.13. The summed E-state index contributed by atoms with van der Waals surface area (Å²) in [6, 6.07) is 16.0. The third-order valence-electron chi connectivity index (χ3n) is 4.54. The number of nitro groups is 3. The summed E-state index contributed by atoms with van der Waals surface area (Å²) in [5, 5.41) is 29.8. The van der Waals surface area contributed by atoms with E-state index >= 15 is 0 Å². The number of benzene rings is 3. The molecule has 0 aliphatic heterocycles. The summed E-state index contributed by atoms with van der Waals surface area (Å²) < 4.78 is 0. The molecule has 12 heteroatoms. The number of nitrogens with zero attached hydrogens (tertiary/aromatic N) is 3. The molecule has 0 saturated heterocycles. The average Bonchev–Trinajstić information content (AvgIpc) is 2.74. The average molecular weight is 468 g/mol. The van der Waals surface area contributed by atoms with Crippen LogP contribution in [0.5, 0.6) is 0 Å². The van der Waals surface area contributed by atoms with E-state index in [4.69, 9.17) is 22.5 Å². The van der Waals surface area contributed by atoms with Gasteiger partial charge in [0, 0.05) is 0 Å². The first-order valence-electron chi connectivity index (χ1n) is 8.24. The molecule has 30 heavy (non-hydrogen) atoms. The Morgan fingerprint density at radius 2 is 0.700 bits per heavy atom. The molecule has 9 nitrogen and oxygen atoms in total. The van der Waals surface area contributed by atoms with Crippen molar-refractivity contribution in [1.29, 1.82) is 0 Å². The molecular weight excluding hydrogens is 456 g/mol. The van der Waals surface area contributed by atoms with Gasteiger partial charge in [-0.3, -0.25) is 0 Å². The molecule has 0 unspecified atom stereocenters. The van der Waals surface area contributed by atoms with Crippen molar-refractivity contribution in [2.75, 3.05) is 0 Å². The number of halogens is 2. The number of hydrogen-bond acceptors (Lipinski definition) is 6. The van der Waals surface area contributed by atoms with Crippen LogP contribution in [0.3, 0.4) is 0 Å². The van der Waals surface area contributed by atoms with E-state index in [1.54, 1.807) is 0 Å². The first kappa shape index (κ1) is 21.6. The minimum atomic E-state index is -4.28. The van der Waals surface area contributed by atoms with Crippen molar-refractivity contribution < 1.29 is 14.8 Å². The van der Waals surface area contributed by atoms with Crippen molar-refractivity contribution >= 4 is 60.8 Å². The molecule has 0 heterocycles. The maximum absolute atomic E-state index is 11.0. The van der Waals surface area contributed by atoms with E-state index in [1.165, 1.54) is 72.8 Å². The van der Waals surface area contributed by atoms with Gasteiger partial charge in [-0.25, -0.2) is 0 Å². The van der Waals surface area contributed by atoms with Crippen LogP contribution < -0.4 is 15.9 Å². The second kappa shape index (κ2) is 7.60. The summed E-state index contributed by atoms with van der Waals surface area (Å²) in [5.41, 5.74) is -0.506. The van der Waals surface area contributed by atoms with Crippen molar-refractivity contribution in [3.8, 4) is 0 Å². The number of rotatable bonds is 6. The zero-order chi connectivity index (χ0) is 22.1. The fourth-order valence-electron chi connectivity index (χ4n) is 2.96. The molecule has 0 bridgehead atoms. The van der Waals surface area contributed by atoms with Gasteiger partial charge in [0.1, 0.15) is 0 Å². The molecule has 0 amide bonds. The Morgan fingerprint density at radius 1 is 0.500 bits per heavy atom. The zero-order valence-corrected chi connectivity index (χ0v) is 17.3. The second-order valence-electron chi connectivity index (χ2n) is 6.23. The molecule has 3 rings (SSSR count). The topological polar surface area (TPSA) is 129 Å². The predicted octanol–water partition coefficient (Wildman–Crippen LogP) is 4.55. The van der Waals surface area contributed by atoms with Crippen molar-refractivity contribution in [2.24, 2.45) is 0 Å². The van der Waals surface area contributed by atoms with Crippen LogP contribution in [0.2, 0.25) is 0 Å². The molecule has 0 aromatic heterocycles. The fourth-order valence-corrected chi connectivity index (χ4v) is 7.90. The van der Waals surface area contributed by atoms with Gasteiger partial charge in [0.15, 0.2) is 0 Å². The molecule has 0 N–H and O–H groups in total. The van der Waals surface area contributed by atoms with Crippen LogP contribution in [0, 0.1) is 30.3 Å². The van der Waals surface area contributed by atoms with Crippen LogP contribution in [0.4, 0.5) is 17.1 Å². The predicted molar refractivity (Wildman–Crippen MR) is 117 cm³/mol. The summed E-state index contributed by atoms with van der Waals surface area (Å²) in [4.78, 5) is 31.3. The summed E-state index contributed by atoms with van der Waals surface area (Å²) in [5.74, 6) is 0. The van der Waals surface area contributed by atoms with Crippen LogP contribution in [-0.4, -0.2) is 14.8 Å². The maximum atomic E-state index is 11.0. The van der Waals surface area contributed by atoms with Gasteiger partial charge in [0.05, 0.1) is 0 Å². The van der Waals surface area contributed by atoms with Gasteiger partial charge in [0.2, 0.25) is 0 Å². The molecule has 3 aromatic rings. The number of non-ortho nitro benzene ring substituents is 3. The van der Waals surface area contributed by atoms with Gasteiger partial charge < -0.3 is 0 Å². The van der Waals surface area contributed by atoms with Gasteiger partial charge >= 0.3 is 179 Å². The van der Waals surface area contributed by atoms with Gasteiger partial charge in [-0.05, 0) is 0 Å². The van der Waals surface area contributed by atoms with Gasteiger partial charge in [-0.2, -0.15) is 0 Å². The Morgan fingerprint density at radius 3 is 0.867 bits per heavy atom. The molecule has 154 valence electrons. The van der Waals surface area contributed by atoms with Gasteiger partial charge in [-0.15, -0.1) is 0 Å². The van der Waals surface area contributed by atoms with Crippen molar-refractivity contribution in [1.82, 2.24) is 0 Å². The van der Waals surface area contributed by atoms with Gasteiger partial charge in [0.25, 0.3) is 0 Å². The second-order valence-corrected chi connectivity index (χ2v) is 14.2. The Balaban J connectivity index is 2.27. The van der Waals surface area contributed by atoms with Crippen LogP contribution in [0.15, 0.2) is 72.8 Å². The van der Waals surface area contributed by atoms with Crippen molar-refractivity contribution in [2.45, 2.75) is 0 Å². The Kier molecular flexibility index (Phi) is 5.47. The van der Waals surface area contributed by atoms with Gasteiger partial charge in [-0.1, -0.05) is 0 Å². The molecule has 0 fully saturated rings. The van der Waals surface area contributed by atoms with E-state index < -0.39 is 20.1 Å². The van der Waals surface area contributed by atoms with E-state index in [-0.39, 0.29) is 17.1 Å². The van der Waals surface area contributed by atoms with Crippen LogP contribution >= 0.6 is 27.8 Å². The van der Waals surface area contributed by atoms with E-state index in [1.807, 2.05) is 0 Å². The Labute approximate surface area is 178 Å². The van der Waals surface area contributed by atoms with Crippen molar-refractivity contribution in [3.05, 3.63) is 103 Å². The van der Waals surface area contributed by atoms with Crippen LogP contribution in [0.25, 0.3) is 0 Å². The molecule has 0 atom stereocenters. The van der Waals surface area contributed by atoms with E-state index in [2.05, 4.69) is 0 Å². The monoisotopic (exact) mass is 467 g/mol. The standard InChI is InChI=1S/C18H12Cl2N3O6P/c19-30(20,16-7-1-13(2-8-16)21(24)25,17-9-3-14(4-10-17)22(26)27)18-11-5-15(6-12-18)23(28)29/h1-12H. The van der Waals surface area contributed by atoms with E-state index in [9.17, 15) is 30.3 Å². The normalized spacial score (nSPS) is 12.5. The fraction of sp³-hybridized carbons (Fsp3) is 0. The summed E-state index contributed by atoms with van der Waals surface area (Å²) in [6.45, 7) is 0. The summed E-state index contributed by atoms with van der Waals surface area (Å²) in [7, 11) is 0. The first-order valence-corrected chi connectivity index (χ1v) is 12.3. The quantitative estimate of drug-likeness (QED) is 0.297. The first-order chi connectivity index (χ1) is 14.0. The molecule has 0 spiro atoms. The molecular formula is C18H12Cl2N3O6P. The van der Waals surface area contributed by atoms with E-state index in [0.29, 0.717) is 15.9 Å². The van der Waals surface area contributed by atoms with E-state index in [0.717, 1.165) is 0 Å². The number of nitro benzene ring substituents is 3. The molecule has 0 aliphatic rings. The van der Waals surface area contributed by atoms with Crippen LogP contribution in [-0.2, 0) is 0 Å². The zero-order valence-electron chi connectivity index (χ0n) is 14.9. The minimum absolute atomic E-state index is 0.169. The molecule has 0 aliphatic carbocycles. The Bertz CT molecular complexity index is 1010. The molecule has 0 saturated carbocycles. The molecule has 0 radical (unpaired) electrons. The third-order valence-corrected chi connectivity index (χ3v) is 11.7. The number of hydrogen-bond donors (Lipinski definition) is 0. The van der Waals surface area contributed by atoms with Crippen LogP contribution in [0.1, 0.15) is 0 Å². The molecule has 3 aromatic carbocycles. The third kappa shape index (κ3) is 3.59. The van der Waals surface area contributed by atoms with Crippen molar-refractivity contribution in [3.63, 3.8) is 0 Å².